The number of hydrogen-bond acceptors (Lipinski definition) is 6. The Kier molecular flexibility index (Phi) is 10.0. The molecule has 0 amide bonds. The van der Waals surface area contributed by atoms with Gasteiger partial charge in [-0.05, 0) is 61.0 Å². The van der Waals surface area contributed by atoms with Gasteiger partial charge in [-0.1, -0.05) is 36.5 Å². The molecule has 1 aliphatic rings. The van der Waals surface area contributed by atoms with E-state index in [1.807, 2.05) is 16.8 Å². The number of ether oxygens (including phenoxy) is 3. The Labute approximate surface area is 270 Å². The molecule has 11 heteroatoms. The van der Waals surface area contributed by atoms with Crippen LogP contribution >= 0.6 is 23.2 Å². The van der Waals surface area contributed by atoms with Crippen LogP contribution in [0.1, 0.15) is 52.4 Å². The van der Waals surface area contributed by atoms with Crippen LogP contribution in [-0.2, 0) is 30.8 Å². The highest BCUT2D eigenvalue weighted by molar-refractivity contribution is 6.31. The summed E-state index contributed by atoms with van der Waals surface area (Å²) >= 11 is 12.5. The van der Waals surface area contributed by atoms with Crippen LogP contribution in [0.15, 0.2) is 60.3 Å². The van der Waals surface area contributed by atoms with Crippen LogP contribution in [0.2, 0.25) is 10.0 Å². The average Bonchev–Trinajstić information content (AvgIpc) is 3.64. The molecule has 1 aliphatic heterocycles. The lowest BCUT2D eigenvalue weighted by Gasteiger charge is -2.16. The number of benzene rings is 3. The third-order valence-electron chi connectivity index (χ3n) is 7.55. The third-order valence-corrected chi connectivity index (χ3v) is 8.02. The molecule has 0 atom stereocenters. The predicted octanol–water partition coefficient (Wildman–Crippen LogP) is 7.59. The molecule has 3 aromatic carbocycles. The van der Waals surface area contributed by atoms with Crippen LogP contribution in [0.5, 0.6) is 17.2 Å². The van der Waals surface area contributed by atoms with Gasteiger partial charge in [0.1, 0.15) is 23.9 Å². The normalized spacial score (nSPS) is 12.5. The van der Waals surface area contributed by atoms with Crippen molar-refractivity contribution in [1.29, 1.82) is 0 Å². The highest BCUT2D eigenvalue weighted by atomic mass is 35.5. The number of rotatable bonds is 13. The smallest absolute Gasteiger partial charge is 0.336 e. The van der Waals surface area contributed by atoms with E-state index in [2.05, 4.69) is 12.0 Å². The molecule has 0 saturated heterocycles. The summed E-state index contributed by atoms with van der Waals surface area (Å²) in [6.45, 7) is 3.13. The molecule has 0 saturated carbocycles. The van der Waals surface area contributed by atoms with Gasteiger partial charge in [-0.3, -0.25) is 4.68 Å². The van der Waals surface area contributed by atoms with Crippen LogP contribution < -0.4 is 14.2 Å². The van der Waals surface area contributed by atoms with E-state index >= 15 is 0 Å². The number of unbranched alkanes of at least 4 members (excludes halogenated alkanes) is 1. The summed E-state index contributed by atoms with van der Waals surface area (Å²) in [5.41, 5.74) is 4.13. The van der Waals surface area contributed by atoms with E-state index in [1.165, 1.54) is 12.1 Å². The third kappa shape index (κ3) is 7.27. The van der Waals surface area contributed by atoms with Gasteiger partial charge in [-0.25, -0.2) is 9.59 Å². The number of halogens is 2. The zero-order valence-electron chi connectivity index (χ0n) is 24.8. The summed E-state index contributed by atoms with van der Waals surface area (Å²) in [5.74, 6) is -0.478. The lowest BCUT2D eigenvalue weighted by atomic mass is 9.98. The van der Waals surface area contributed by atoms with Gasteiger partial charge in [-0.2, -0.15) is 5.10 Å². The summed E-state index contributed by atoms with van der Waals surface area (Å²) in [6.07, 6.45) is 5.86. The quantitative estimate of drug-likeness (QED) is 0.142. The number of methoxy groups -OCH3 is 1. The van der Waals surface area contributed by atoms with Gasteiger partial charge in [0, 0.05) is 62.8 Å². The molecule has 0 radical (unpaired) electrons. The fourth-order valence-electron chi connectivity index (χ4n) is 5.29. The van der Waals surface area contributed by atoms with E-state index < -0.39 is 11.9 Å². The Hall–Kier alpha value is -4.47. The number of nitrogens with zero attached hydrogens (tertiary/aromatic N) is 2. The largest absolute Gasteiger partial charge is 0.496 e. The van der Waals surface area contributed by atoms with Crippen molar-refractivity contribution in [2.24, 2.45) is 0 Å². The zero-order chi connectivity index (χ0) is 32.1. The topological polar surface area (TPSA) is 120 Å². The van der Waals surface area contributed by atoms with Gasteiger partial charge < -0.3 is 24.4 Å². The summed E-state index contributed by atoms with van der Waals surface area (Å²) in [6, 6.07) is 13.4. The van der Waals surface area contributed by atoms with Crippen molar-refractivity contribution >= 4 is 41.2 Å². The molecule has 2 N–H and O–H groups in total. The van der Waals surface area contributed by atoms with Crippen molar-refractivity contribution in [3.63, 3.8) is 0 Å². The van der Waals surface area contributed by atoms with Gasteiger partial charge in [0.2, 0.25) is 0 Å². The lowest BCUT2D eigenvalue weighted by Crippen LogP contribution is -2.08. The average molecular weight is 652 g/mol. The standard InChI is InChI=1S/C34H32Cl2N2O7/c1-3-4-10-38-32(28-8-6-26(36)17-31(28)45-19-24-14-25(35)5-7-27(24)34(41)42)23(18-37-38)13-22(33(39)40)12-21-16-30-20(9-11-44-30)15-29(21)43-2/h5-8,13-18H,3-4,9-12,19H2,1-2H3,(H,39,40)(H,41,42). The maximum absolute atomic E-state index is 12.6. The highest BCUT2D eigenvalue weighted by Gasteiger charge is 2.22. The predicted molar refractivity (Wildman–Crippen MR) is 172 cm³/mol. The lowest BCUT2D eigenvalue weighted by molar-refractivity contribution is -0.132. The molecule has 0 bridgehead atoms. The molecule has 234 valence electrons. The van der Waals surface area contributed by atoms with Crippen LogP contribution in [0, 0.1) is 0 Å². The Morgan fingerprint density at radius 2 is 1.82 bits per heavy atom. The number of carbonyl (C=O) groups is 2. The molecule has 0 fully saturated rings. The number of aromatic carboxylic acids is 1. The fourth-order valence-corrected chi connectivity index (χ4v) is 5.65. The minimum atomic E-state index is -1.10. The molecule has 9 nitrogen and oxygen atoms in total. The fraction of sp³-hybridized carbons (Fsp3) is 0.265. The first kappa shape index (κ1) is 31.9. The molecule has 1 aromatic heterocycles. The van der Waals surface area contributed by atoms with E-state index in [4.69, 9.17) is 37.4 Å². The molecule has 0 spiro atoms. The Bertz CT molecular complexity index is 1780. The van der Waals surface area contributed by atoms with E-state index in [9.17, 15) is 19.8 Å². The molecule has 5 rings (SSSR count). The van der Waals surface area contributed by atoms with Crippen molar-refractivity contribution < 1.29 is 34.0 Å². The van der Waals surface area contributed by atoms with Crippen molar-refractivity contribution in [1.82, 2.24) is 9.78 Å². The van der Waals surface area contributed by atoms with Crippen molar-refractivity contribution in [2.45, 2.75) is 45.8 Å². The first-order valence-electron chi connectivity index (χ1n) is 14.4. The van der Waals surface area contributed by atoms with Crippen LogP contribution in [0.25, 0.3) is 17.3 Å². The second-order valence-electron chi connectivity index (χ2n) is 10.6. The minimum absolute atomic E-state index is 0.0677. The van der Waals surface area contributed by atoms with Gasteiger partial charge in [-0.15, -0.1) is 0 Å². The molecule has 45 heavy (non-hydrogen) atoms. The van der Waals surface area contributed by atoms with Crippen LogP contribution in [0.4, 0.5) is 0 Å². The van der Waals surface area contributed by atoms with Gasteiger partial charge in [0.05, 0.1) is 31.2 Å². The number of carboxylic acid groups (broad SMARTS) is 2. The monoisotopic (exact) mass is 650 g/mol. The van der Waals surface area contributed by atoms with Gasteiger partial charge >= 0.3 is 11.9 Å². The summed E-state index contributed by atoms with van der Waals surface area (Å²) in [5, 5.41) is 25.4. The van der Waals surface area contributed by atoms with E-state index in [0.717, 1.165) is 30.6 Å². The number of aliphatic carboxylic acids is 1. The number of hydrogen-bond donors (Lipinski definition) is 2. The van der Waals surface area contributed by atoms with E-state index in [-0.39, 0.29) is 24.2 Å². The molecular weight excluding hydrogens is 619 g/mol. The van der Waals surface area contributed by atoms with Crippen molar-refractivity contribution in [2.75, 3.05) is 13.7 Å². The zero-order valence-corrected chi connectivity index (χ0v) is 26.3. The number of aryl methyl sites for hydroxylation is 1. The van der Waals surface area contributed by atoms with Crippen molar-refractivity contribution in [3.05, 3.63) is 98.2 Å². The van der Waals surface area contributed by atoms with E-state index in [0.29, 0.717) is 62.6 Å². The maximum Gasteiger partial charge on any atom is 0.336 e. The second-order valence-corrected chi connectivity index (χ2v) is 11.5. The summed E-state index contributed by atoms with van der Waals surface area (Å²) < 4.78 is 19.3. The summed E-state index contributed by atoms with van der Waals surface area (Å²) in [7, 11) is 1.56. The molecule has 0 aliphatic carbocycles. The number of aromatic nitrogens is 2. The Balaban J connectivity index is 1.57. The van der Waals surface area contributed by atoms with Gasteiger partial charge in [0.15, 0.2) is 0 Å². The highest BCUT2D eigenvalue weighted by Crippen LogP contribution is 2.38. The molecular formula is C34H32Cl2N2O7. The molecule has 4 aromatic rings. The Morgan fingerprint density at radius 3 is 2.56 bits per heavy atom. The second kappa shape index (κ2) is 14.1. The first-order valence-corrected chi connectivity index (χ1v) is 15.2. The minimum Gasteiger partial charge on any atom is -0.496 e. The Morgan fingerprint density at radius 1 is 1.04 bits per heavy atom. The SMILES string of the molecule is CCCCn1ncc(C=C(Cc2cc3c(cc2OC)CCO3)C(=O)O)c1-c1ccc(Cl)cc1OCc1cc(Cl)ccc1C(=O)O. The van der Waals surface area contributed by atoms with Gasteiger partial charge in [0.25, 0.3) is 0 Å². The van der Waals surface area contributed by atoms with E-state index in [1.54, 1.807) is 43.6 Å². The molecule has 0 unspecified atom stereocenters. The maximum atomic E-state index is 12.6. The van der Waals surface area contributed by atoms with Crippen LogP contribution in [0.3, 0.4) is 0 Å². The number of fused-ring (bicyclic) bond motifs is 1. The summed E-state index contributed by atoms with van der Waals surface area (Å²) in [4.78, 5) is 24.4. The van der Waals surface area contributed by atoms with Crippen LogP contribution in [-0.4, -0.2) is 45.6 Å². The number of carboxylic acids is 2. The first-order chi connectivity index (χ1) is 21.7. The van der Waals surface area contributed by atoms with Crippen molar-refractivity contribution in [3.8, 4) is 28.5 Å². The molecule has 2 heterocycles.